The van der Waals surface area contributed by atoms with E-state index in [9.17, 15) is 9.59 Å². The van der Waals surface area contributed by atoms with Gasteiger partial charge in [-0.2, -0.15) is 0 Å². The van der Waals surface area contributed by atoms with Crippen molar-refractivity contribution in [3.63, 3.8) is 0 Å². The van der Waals surface area contributed by atoms with Crippen molar-refractivity contribution in [2.75, 3.05) is 18.1 Å². The van der Waals surface area contributed by atoms with Crippen molar-refractivity contribution < 1.29 is 14.3 Å². The smallest absolute Gasteiger partial charge is 0.326 e. The molecule has 1 heterocycles. The lowest BCUT2D eigenvalue weighted by Crippen LogP contribution is -2.41. The van der Waals surface area contributed by atoms with Gasteiger partial charge in [-0.3, -0.25) is 9.59 Å². The molecule has 1 aliphatic rings. The van der Waals surface area contributed by atoms with Crippen LogP contribution in [0.5, 0.6) is 0 Å². The van der Waals surface area contributed by atoms with Crippen LogP contribution in [-0.2, 0) is 14.3 Å². The quantitative estimate of drug-likeness (QED) is 0.510. The average molecular weight is 428 g/mol. The van der Waals surface area contributed by atoms with E-state index in [0.717, 1.165) is 21.9 Å². The van der Waals surface area contributed by atoms with E-state index in [1.807, 2.05) is 36.4 Å². The highest BCUT2D eigenvalue weighted by atomic mass is 35.5. The predicted molar refractivity (Wildman–Crippen MR) is 116 cm³/mol. The normalized spacial score (nSPS) is 16.0. The van der Waals surface area contributed by atoms with Crippen molar-refractivity contribution in [3.05, 3.63) is 75.8 Å². The summed E-state index contributed by atoms with van der Waals surface area (Å²) in [5.41, 5.74) is 2.37. The second-order valence-corrected chi connectivity index (χ2v) is 7.71. The summed E-state index contributed by atoms with van der Waals surface area (Å²) >= 11 is 13.0. The molecule has 0 aliphatic carbocycles. The highest BCUT2D eigenvalue weighted by molar-refractivity contribution is 6.36. The van der Waals surface area contributed by atoms with E-state index < -0.39 is 5.97 Å². The second-order valence-electron chi connectivity index (χ2n) is 6.90. The topological polar surface area (TPSA) is 46.6 Å². The fourth-order valence-corrected chi connectivity index (χ4v) is 4.67. The first-order valence-electron chi connectivity index (χ1n) is 9.42. The summed E-state index contributed by atoms with van der Waals surface area (Å²) in [6.45, 7) is 1.89. The Hall–Kier alpha value is -2.56. The minimum absolute atomic E-state index is 0.124. The first kappa shape index (κ1) is 19.7. The molecule has 0 saturated carbocycles. The maximum absolute atomic E-state index is 13.1. The van der Waals surface area contributed by atoms with E-state index >= 15 is 0 Å². The second kappa shape index (κ2) is 8.05. The van der Waals surface area contributed by atoms with Crippen molar-refractivity contribution in [1.29, 1.82) is 0 Å². The third kappa shape index (κ3) is 3.59. The van der Waals surface area contributed by atoms with Gasteiger partial charge in [0.2, 0.25) is 5.91 Å². The number of rotatable bonds is 4. The van der Waals surface area contributed by atoms with Crippen molar-refractivity contribution in [2.24, 2.45) is 0 Å². The Bertz CT molecular complexity index is 1090. The molecule has 0 bridgehead atoms. The lowest BCUT2D eigenvalue weighted by atomic mass is 9.81. The van der Waals surface area contributed by atoms with Crippen molar-refractivity contribution in [3.8, 4) is 0 Å². The van der Waals surface area contributed by atoms with E-state index in [4.69, 9.17) is 27.9 Å². The first-order chi connectivity index (χ1) is 14.0. The number of amides is 1. The van der Waals surface area contributed by atoms with E-state index in [1.165, 1.54) is 4.90 Å². The van der Waals surface area contributed by atoms with Crippen LogP contribution in [0.15, 0.2) is 54.6 Å². The van der Waals surface area contributed by atoms with Gasteiger partial charge in [0.05, 0.1) is 6.61 Å². The molecule has 4 rings (SSSR count). The molecule has 0 fully saturated rings. The van der Waals surface area contributed by atoms with Gasteiger partial charge in [0.25, 0.3) is 0 Å². The number of nitrogens with zero attached hydrogens (tertiary/aromatic N) is 1. The Kier molecular flexibility index (Phi) is 5.48. The standard InChI is InChI=1S/C23H19Cl2NO3/c1-2-29-21(28)13-26-19-11-10-14-6-3-4-7-15(14)22(19)16(12-20(26)27)23-17(24)8-5-9-18(23)25/h3-11,16H,2,12-13H2,1H3. The highest BCUT2D eigenvalue weighted by Gasteiger charge is 2.36. The molecule has 29 heavy (non-hydrogen) atoms. The number of carbonyl (C=O) groups is 2. The van der Waals surface area contributed by atoms with E-state index in [-0.39, 0.29) is 31.4 Å². The van der Waals surface area contributed by atoms with Gasteiger partial charge in [0.1, 0.15) is 6.54 Å². The van der Waals surface area contributed by atoms with Gasteiger partial charge >= 0.3 is 5.97 Å². The van der Waals surface area contributed by atoms with Gasteiger partial charge in [0, 0.05) is 28.1 Å². The molecule has 0 aromatic heterocycles. The minimum atomic E-state index is -0.436. The van der Waals surface area contributed by atoms with Crippen LogP contribution < -0.4 is 4.90 Å². The number of anilines is 1. The molecule has 0 saturated heterocycles. The highest BCUT2D eigenvalue weighted by Crippen LogP contribution is 2.47. The number of carbonyl (C=O) groups excluding carboxylic acids is 2. The van der Waals surface area contributed by atoms with Crippen molar-refractivity contribution in [2.45, 2.75) is 19.3 Å². The molecular formula is C23H19Cl2NO3. The van der Waals surface area contributed by atoms with Crippen LogP contribution in [-0.4, -0.2) is 25.0 Å². The molecule has 1 amide bonds. The van der Waals surface area contributed by atoms with E-state index in [2.05, 4.69) is 0 Å². The predicted octanol–water partition coefficient (Wildman–Crippen LogP) is 5.58. The maximum Gasteiger partial charge on any atom is 0.326 e. The summed E-state index contributed by atoms with van der Waals surface area (Å²) in [6, 6.07) is 17.2. The Morgan fingerprint density at radius 2 is 1.76 bits per heavy atom. The number of esters is 1. The maximum atomic E-state index is 13.1. The summed E-state index contributed by atoms with van der Waals surface area (Å²) in [5, 5.41) is 3.10. The summed E-state index contributed by atoms with van der Waals surface area (Å²) in [5.74, 6) is -0.903. The van der Waals surface area contributed by atoms with Crippen LogP contribution in [0.3, 0.4) is 0 Å². The number of benzene rings is 3. The van der Waals surface area contributed by atoms with E-state index in [1.54, 1.807) is 25.1 Å². The molecule has 1 atom stereocenters. The molecule has 1 aliphatic heterocycles. The SMILES string of the molecule is CCOC(=O)CN1C(=O)CC(c2c(Cl)cccc2Cl)c2c1ccc1ccccc21. The summed E-state index contributed by atoms with van der Waals surface area (Å²) in [6.07, 6.45) is 0.171. The molecule has 6 heteroatoms. The van der Waals surface area contributed by atoms with Crippen LogP contribution in [0, 0.1) is 0 Å². The van der Waals surface area contributed by atoms with Crippen molar-refractivity contribution in [1.82, 2.24) is 0 Å². The van der Waals surface area contributed by atoms with Crippen LogP contribution in [0.4, 0.5) is 5.69 Å². The Balaban J connectivity index is 1.94. The Morgan fingerprint density at radius 3 is 2.48 bits per heavy atom. The Morgan fingerprint density at radius 1 is 1.03 bits per heavy atom. The molecule has 1 unspecified atom stereocenters. The number of hydrogen-bond acceptors (Lipinski definition) is 3. The molecule has 0 N–H and O–H groups in total. The largest absolute Gasteiger partial charge is 0.465 e. The number of halogens is 2. The fourth-order valence-electron chi connectivity index (χ4n) is 4.01. The third-order valence-corrected chi connectivity index (χ3v) is 5.87. The van der Waals surface area contributed by atoms with Crippen LogP contribution >= 0.6 is 23.2 Å². The van der Waals surface area contributed by atoms with Gasteiger partial charge in [-0.15, -0.1) is 0 Å². The average Bonchev–Trinajstić information content (AvgIpc) is 2.70. The third-order valence-electron chi connectivity index (χ3n) is 5.21. The van der Waals surface area contributed by atoms with Gasteiger partial charge < -0.3 is 9.64 Å². The zero-order chi connectivity index (χ0) is 20.5. The lowest BCUT2D eigenvalue weighted by Gasteiger charge is -2.35. The van der Waals surface area contributed by atoms with Crippen LogP contribution in [0.2, 0.25) is 10.0 Å². The summed E-state index contributed by atoms with van der Waals surface area (Å²) < 4.78 is 5.07. The fraction of sp³-hybridized carbons (Fsp3) is 0.217. The molecular weight excluding hydrogens is 409 g/mol. The zero-order valence-corrected chi connectivity index (χ0v) is 17.3. The molecule has 3 aromatic rings. The van der Waals surface area contributed by atoms with E-state index in [0.29, 0.717) is 15.7 Å². The number of hydrogen-bond donors (Lipinski definition) is 0. The number of ether oxygens (including phenoxy) is 1. The Labute approximate surface area is 179 Å². The molecule has 0 radical (unpaired) electrons. The molecule has 148 valence electrons. The monoisotopic (exact) mass is 427 g/mol. The zero-order valence-electron chi connectivity index (χ0n) is 15.8. The van der Waals surface area contributed by atoms with Crippen LogP contribution in [0.25, 0.3) is 10.8 Å². The molecule has 0 spiro atoms. The van der Waals surface area contributed by atoms with Crippen LogP contribution in [0.1, 0.15) is 30.4 Å². The minimum Gasteiger partial charge on any atom is -0.465 e. The first-order valence-corrected chi connectivity index (χ1v) is 10.2. The molecule has 4 nitrogen and oxygen atoms in total. The van der Waals surface area contributed by atoms with Gasteiger partial charge in [-0.1, -0.05) is 59.6 Å². The van der Waals surface area contributed by atoms with Gasteiger partial charge in [-0.05, 0) is 47.0 Å². The molecule has 3 aromatic carbocycles. The summed E-state index contributed by atoms with van der Waals surface area (Å²) in [4.78, 5) is 26.7. The van der Waals surface area contributed by atoms with Gasteiger partial charge in [-0.25, -0.2) is 0 Å². The van der Waals surface area contributed by atoms with Crippen molar-refractivity contribution >= 4 is 51.5 Å². The summed E-state index contributed by atoms with van der Waals surface area (Å²) in [7, 11) is 0. The lowest BCUT2D eigenvalue weighted by molar-refractivity contribution is -0.142. The van der Waals surface area contributed by atoms with Gasteiger partial charge in [0.15, 0.2) is 0 Å². The number of fused-ring (bicyclic) bond motifs is 3.